The highest BCUT2D eigenvalue weighted by Crippen LogP contribution is 2.18. The number of hydrogen-bond donors (Lipinski definition) is 2. The summed E-state index contributed by atoms with van der Waals surface area (Å²) in [5.41, 5.74) is 0.100. The van der Waals surface area contributed by atoms with E-state index in [4.69, 9.17) is 4.74 Å². The van der Waals surface area contributed by atoms with E-state index in [1.54, 1.807) is 0 Å². The second kappa shape index (κ2) is 5.82. The molecule has 1 amide bonds. The summed E-state index contributed by atoms with van der Waals surface area (Å²) < 4.78 is 18.0. The minimum Gasteiger partial charge on any atom is -0.507 e. The maximum atomic E-state index is 12.8. The molecule has 5 heteroatoms. The van der Waals surface area contributed by atoms with Gasteiger partial charge in [0.25, 0.3) is 5.91 Å². The van der Waals surface area contributed by atoms with E-state index < -0.39 is 5.82 Å². The van der Waals surface area contributed by atoms with Crippen molar-refractivity contribution in [2.45, 2.75) is 12.8 Å². The van der Waals surface area contributed by atoms with E-state index in [1.807, 2.05) is 0 Å². The predicted octanol–water partition coefficient (Wildman–Crippen LogP) is 1.69. The summed E-state index contributed by atoms with van der Waals surface area (Å²) in [6.45, 7) is 2.00. The molecule has 0 saturated carbocycles. The van der Waals surface area contributed by atoms with Crippen molar-refractivity contribution in [2.24, 2.45) is 5.92 Å². The lowest BCUT2D eigenvalue weighted by Gasteiger charge is -2.22. The first-order chi connectivity index (χ1) is 8.66. The highest BCUT2D eigenvalue weighted by atomic mass is 19.1. The molecule has 4 nitrogen and oxygen atoms in total. The van der Waals surface area contributed by atoms with Crippen LogP contribution in [0.1, 0.15) is 23.2 Å². The molecular weight excluding hydrogens is 237 g/mol. The molecule has 98 valence electrons. The highest BCUT2D eigenvalue weighted by molar-refractivity contribution is 5.96. The molecule has 0 bridgehead atoms. The topological polar surface area (TPSA) is 58.6 Å². The zero-order valence-corrected chi connectivity index (χ0v) is 9.99. The lowest BCUT2D eigenvalue weighted by molar-refractivity contribution is 0.0642. The molecule has 1 heterocycles. The van der Waals surface area contributed by atoms with Gasteiger partial charge in [0.1, 0.15) is 11.6 Å². The maximum absolute atomic E-state index is 12.8. The lowest BCUT2D eigenvalue weighted by atomic mass is 10.0. The first kappa shape index (κ1) is 12.8. The third-order valence-electron chi connectivity index (χ3n) is 3.10. The van der Waals surface area contributed by atoms with Crippen LogP contribution in [-0.2, 0) is 4.74 Å². The summed E-state index contributed by atoms with van der Waals surface area (Å²) in [5, 5.41) is 12.2. The number of halogens is 1. The number of nitrogens with one attached hydrogen (secondary N) is 1. The van der Waals surface area contributed by atoms with Crippen LogP contribution in [-0.4, -0.2) is 30.8 Å². The standard InChI is InChI=1S/C13H16FNO3/c14-10-1-2-11(12(16)7-10)13(17)15-8-9-3-5-18-6-4-9/h1-2,7,9,16H,3-6,8H2,(H,15,17). The normalized spacial score (nSPS) is 16.5. The molecule has 0 unspecified atom stereocenters. The number of rotatable bonds is 3. The SMILES string of the molecule is O=C(NCC1CCOCC1)c1ccc(F)cc1O. The Hall–Kier alpha value is -1.62. The van der Waals surface area contributed by atoms with E-state index in [1.165, 1.54) is 6.07 Å². The number of ether oxygens (including phenoxy) is 1. The van der Waals surface area contributed by atoms with E-state index in [0.717, 1.165) is 38.2 Å². The zero-order chi connectivity index (χ0) is 13.0. The molecule has 1 aromatic rings. The molecule has 18 heavy (non-hydrogen) atoms. The second-order valence-electron chi connectivity index (χ2n) is 4.43. The summed E-state index contributed by atoms with van der Waals surface area (Å²) in [4.78, 5) is 11.8. The van der Waals surface area contributed by atoms with Gasteiger partial charge in [0.2, 0.25) is 0 Å². The monoisotopic (exact) mass is 253 g/mol. The van der Waals surface area contributed by atoms with Crippen LogP contribution in [0.15, 0.2) is 18.2 Å². The van der Waals surface area contributed by atoms with Crippen molar-refractivity contribution in [2.75, 3.05) is 19.8 Å². The van der Waals surface area contributed by atoms with Gasteiger partial charge in [-0.2, -0.15) is 0 Å². The van der Waals surface area contributed by atoms with Crippen LogP contribution >= 0.6 is 0 Å². The van der Waals surface area contributed by atoms with Crippen molar-refractivity contribution >= 4 is 5.91 Å². The number of carbonyl (C=O) groups excluding carboxylic acids is 1. The number of hydrogen-bond acceptors (Lipinski definition) is 3. The Morgan fingerprint density at radius 2 is 2.17 bits per heavy atom. The molecule has 0 aliphatic carbocycles. The van der Waals surface area contributed by atoms with Crippen molar-refractivity contribution in [3.8, 4) is 5.75 Å². The molecule has 1 fully saturated rings. The van der Waals surface area contributed by atoms with Gasteiger partial charge in [0.15, 0.2) is 0 Å². The molecule has 1 aliphatic rings. The summed E-state index contributed by atoms with van der Waals surface area (Å²) in [5.74, 6) is -0.864. The minimum atomic E-state index is -0.562. The van der Waals surface area contributed by atoms with Gasteiger partial charge in [0, 0.05) is 25.8 Å². The van der Waals surface area contributed by atoms with Gasteiger partial charge in [0.05, 0.1) is 5.56 Å². The van der Waals surface area contributed by atoms with Gasteiger partial charge in [-0.1, -0.05) is 0 Å². The first-order valence-electron chi connectivity index (χ1n) is 6.01. The smallest absolute Gasteiger partial charge is 0.255 e. The lowest BCUT2D eigenvalue weighted by Crippen LogP contribution is -2.32. The first-order valence-corrected chi connectivity index (χ1v) is 6.01. The van der Waals surface area contributed by atoms with Gasteiger partial charge < -0.3 is 15.2 Å². The average molecular weight is 253 g/mol. The molecule has 1 saturated heterocycles. The molecular formula is C13H16FNO3. The third-order valence-corrected chi connectivity index (χ3v) is 3.10. The molecule has 2 rings (SSSR count). The Bertz CT molecular complexity index is 430. The molecule has 1 aromatic carbocycles. The van der Waals surface area contributed by atoms with E-state index in [0.29, 0.717) is 12.5 Å². The number of carbonyl (C=O) groups is 1. The number of phenolic OH excluding ortho intramolecular Hbond substituents is 1. The third kappa shape index (κ3) is 3.20. The number of aromatic hydroxyl groups is 1. The van der Waals surface area contributed by atoms with Crippen molar-refractivity contribution in [1.82, 2.24) is 5.32 Å². The maximum Gasteiger partial charge on any atom is 0.255 e. The molecule has 1 aliphatic heterocycles. The second-order valence-corrected chi connectivity index (χ2v) is 4.43. The number of benzene rings is 1. The average Bonchev–Trinajstić information content (AvgIpc) is 2.37. The van der Waals surface area contributed by atoms with Gasteiger partial charge in [-0.15, -0.1) is 0 Å². The predicted molar refractivity (Wildman–Crippen MR) is 63.9 cm³/mol. The Morgan fingerprint density at radius 3 is 2.83 bits per heavy atom. The summed E-state index contributed by atoms with van der Waals surface area (Å²) in [6.07, 6.45) is 1.85. The van der Waals surface area contributed by atoms with Crippen LogP contribution < -0.4 is 5.32 Å². The minimum absolute atomic E-state index is 0.100. The summed E-state index contributed by atoms with van der Waals surface area (Å²) >= 11 is 0. The van der Waals surface area contributed by atoms with E-state index in [2.05, 4.69) is 5.32 Å². The molecule has 0 spiro atoms. The van der Waals surface area contributed by atoms with E-state index >= 15 is 0 Å². The summed E-state index contributed by atoms with van der Waals surface area (Å²) in [6, 6.07) is 3.37. The van der Waals surface area contributed by atoms with Crippen molar-refractivity contribution < 1.29 is 19.0 Å². The Labute approximate surface area is 105 Å². The van der Waals surface area contributed by atoms with Crippen LogP contribution in [0.2, 0.25) is 0 Å². The zero-order valence-electron chi connectivity index (χ0n) is 9.99. The molecule has 0 radical (unpaired) electrons. The largest absolute Gasteiger partial charge is 0.507 e. The van der Waals surface area contributed by atoms with E-state index in [9.17, 15) is 14.3 Å². The van der Waals surface area contributed by atoms with Crippen LogP contribution in [0.5, 0.6) is 5.75 Å². The Morgan fingerprint density at radius 1 is 1.44 bits per heavy atom. The Balaban J connectivity index is 1.90. The van der Waals surface area contributed by atoms with E-state index in [-0.39, 0.29) is 17.2 Å². The van der Waals surface area contributed by atoms with Crippen molar-refractivity contribution in [3.63, 3.8) is 0 Å². The summed E-state index contributed by atoms with van der Waals surface area (Å²) in [7, 11) is 0. The number of amides is 1. The van der Waals surface area contributed by atoms with Gasteiger partial charge in [-0.05, 0) is 30.9 Å². The van der Waals surface area contributed by atoms with Crippen LogP contribution in [0.4, 0.5) is 4.39 Å². The quantitative estimate of drug-likeness (QED) is 0.861. The van der Waals surface area contributed by atoms with Gasteiger partial charge >= 0.3 is 0 Å². The molecule has 2 N–H and O–H groups in total. The molecule has 0 atom stereocenters. The fraction of sp³-hybridized carbons (Fsp3) is 0.462. The van der Waals surface area contributed by atoms with Crippen LogP contribution in [0, 0.1) is 11.7 Å². The highest BCUT2D eigenvalue weighted by Gasteiger charge is 2.16. The van der Waals surface area contributed by atoms with Gasteiger partial charge in [-0.25, -0.2) is 4.39 Å². The van der Waals surface area contributed by atoms with Gasteiger partial charge in [-0.3, -0.25) is 4.79 Å². The van der Waals surface area contributed by atoms with Crippen molar-refractivity contribution in [1.29, 1.82) is 0 Å². The number of phenols is 1. The molecule has 0 aromatic heterocycles. The van der Waals surface area contributed by atoms with Crippen molar-refractivity contribution in [3.05, 3.63) is 29.6 Å². The van der Waals surface area contributed by atoms with Crippen LogP contribution in [0.25, 0.3) is 0 Å². The Kier molecular flexibility index (Phi) is 4.15. The van der Waals surface area contributed by atoms with Crippen LogP contribution in [0.3, 0.4) is 0 Å². The fourth-order valence-corrected chi connectivity index (χ4v) is 1.98. The fourth-order valence-electron chi connectivity index (χ4n) is 1.98.